The van der Waals surface area contributed by atoms with Crippen LogP contribution in [0.4, 0.5) is 5.69 Å². The second-order valence-corrected chi connectivity index (χ2v) is 7.49. The number of anilines is 1. The summed E-state index contributed by atoms with van der Waals surface area (Å²) in [4.78, 5) is 39.0. The van der Waals surface area contributed by atoms with Gasteiger partial charge < -0.3 is 14.8 Å². The Balaban J connectivity index is 1.66. The van der Waals surface area contributed by atoms with Gasteiger partial charge in [0.15, 0.2) is 11.9 Å². The molecule has 0 saturated heterocycles. The number of methoxy groups -OCH3 is 1. The molecule has 164 valence electrons. The molecular weight excluding hydrogens is 396 g/mol. The van der Waals surface area contributed by atoms with Gasteiger partial charge in [0.2, 0.25) is 5.91 Å². The molecule has 0 spiro atoms. The second kappa shape index (κ2) is 10.1. The number of ether oxygens (including phenoxy) is 2. The molecule has 1 atom stereocenters. The fourth-order valence-electron chi connectivity index (χ4n) is 3.45. The third-order valence-electron chi connectivity index (χ3n) is 5.16. The van der Waals surface area contributed by atoms with E-state index in [0.717, 1.165) is 17.7 Å². The molecule has 1 aliphatic rings. The molecule has 2 amide bonds. The summed E-state index contributed by atoms with van der Waals surface area (Å²) in [5.41, 5.74) is 2.04. The predicted molar refractivity (Wildman–Crippen MR) is 118 cm³/mol. The maximum atomic E-state index is 12.7. The van der Waals surface area contributed by atoms with Crippen molar-refractivity contribution < 1.29 is 23.9 Å². The number of carbonyl (C=O) groups is 3. The standard InChI is InChI=1S/C24H28N2O5/c1-4-5-21(27)18-8-11-22-20(14-18)26(24(29)16(2)31-22)15-23(28)25-13-12-17-6-9-19(30-3)10-7-17/h6-11,14,16H,4-5,12-13,15H2,1-3H3,(H,25,28). The van der Waals surface area contributed by atoms with Crippen molar-refractivity contribution in [1.82, 2.24) is 5.32 Å². The number of rotatable bonds is 9. The number of fused-ring (bicyclic) bond motifs is 1. The summed E-state index contributed by atoms with van der Waals surface area (Å²) in [5.74, 6) is 0.694. The Morgan fingerprint density at radius 1 is 1.16 bits per heavy atom. The molecule has 0 aromatic heterocycles. The highest BCUT2D eigenvalue weighted by Crippen LogP contribution is 2.35. The molecule has 1 heterocycles. The van der Waals surface area contributed by atoms with Gasteiger partial charge in [0.1, 0.15) is 18.0 Å². The third kappa shape index (κ3) is 5.42. The zero-order valence-electron chi connectivity index (χ0n) is 18.1. The van der Waals surface area contributed by atoms with Gasteiger partial charge in [0.25, 0.3) is 5.91 Å². The summed E-state index contributed by atoms with van der Waals surface area (Å²) in [6.07, 6.45) is 1.13. The van der Waals surface area contributed by atoms with Gasteiger partial charge in [-0.15, -0.1) is 0 Å². The maximum Gasteiger partial charge on any atom is 0.268 e. The van der Waals surface area contributed by atoms with Crippen LogP contribution in [0.15, 0.2) is 42.5 Å². The highest BCUT2D eigenvalue weighted by molar-refractivity contribution is 6.05. The van der Waals surface area contributed by atoms with Crippen LogP contribution in [0.1, 0.15) is 42.6 Å². The lowest BCUT2D eigenvalue weighted by Gasteiger charge is -2.32. The quantitative estimate of drug-likeness (QED) is 0.625. The van der Waals surface area contributed by atoms with Crippen molar-refractivity contribution in [2.45, 2.75) is 39.2 Å². The van der Waals surface area contributed by atoms with Gasteiger partial charge in [0.05, 0.1) is 12.8 Å². The molecule has 0 fully saturated rings. The third-order valence-corrected chi connectivity index (χ3v) is 5.16. The van der Waals surface area contributed by atoms with E-state index in [1.54, 1.807) is 32.2 Å². The molecule has 0 bridgehead atoms. The zero-order chi connectivity index (χ0) is 22.4. The summed E-state index contributed by atoms with van der Waals surface area (Å²) >= 11 is 0. The van der Waals surface area contributed by atoms with Crippen LogP contribution in [0.5, 0.6) is 11.5 Å². The molecule has 0 radical (unpaired) electrons. The number of carbonyl (C=O) groups excluding carboxylic acids is 3. The zero-order valence-corrected chi connectivity index (χ0v) is 18.1. The summed E-state index contributed by atoms with van der Waals surface area (Å²) in [5, 5.41) is 2.86. The molecule has 1 aliphatic heterocycles. The molecular formula is C24H28N2O5. The number of hydrogen-bond acceptors (Lipinski definition) is 5. The van der Waals surface area contributed by atoms with E-state index in [0.29, 0.717) is 36.4 Å². The monoisotopic (exact) mass is 424 g/mol. The van der Waals surface area contributed by atoms with E-state index in [4.69, 9.17) is 9.47 Å². The van der Waals surface area contributed by atoms with Crippen molar-refractivity contribution in [3.63, 3.8) is 0 Å². The van der Waals surface area contributed by atoms with Crippen LogP contribution < -0.4 is 19.7 Å². The van der Waals surface area contributed by atoms with Gasteiger partial charge in [-0.25, -0.2) is 0 Å². The first-order valence-electron chi connectivity index (χ1n) is 10.5. The second-order valence-electron chi connectivity index (χ2n) is 7.49. The van der Waals surface area contributed by atoms with Crippen LogP contribution in [0, 0.1) is 0 Å². The number of Topliss-reactive ketones (excluding diaryl/α,β-unsaturated/α-hetero) is 1. The lowest BCUT2D eigenvalue weighted by atomic mass is 10.0. The smallest absolute Gasteiger partial charge is 0.268 e. The normalized spacial score (nSPS) is 15.1. The number of nitrogens with one attached hydrogen (secondary N) is 1. The van der Waals surface area contributed by atoms with Crippen molar-refractivity contribution in [3.05, 3.63) is 53.6 Å². The first kappa shape index (κ1) is 22.3. The summed E-state index contributed by atoms with van der Waals surface area (Å²) in [6, 6.07) is 12.7. The van der Waals surface area contributed by atoms with Gasteiger partial charge in [-0.3, -0.25) is 19.3 Å². The Morgan fingerprint density at radius 2 is 1.90 bits per heavy atom. The molecule has 1 N–H and O–H groups in total. The fraction of sp³-hybridized carbons (Fsp3) is 0.375. The summed E-state index contributed by atoms with van der Waals surface area (Å²) in [7, 11) is 1.61. The minimum Gasteiger partial charge on any atom is -0.497 e. The Hall–Kier alpha value is -3.35. The Morgan fingerprint density at radius 3 is 2.58 bits per heavy atom. The van der Waals surface area contributed by atoms with Crippen molar-refractivity contribution >= 4 is 23.3 Å². The largest absolute Gasteiger partial charge is 0.497 e. The number of amides is 2. The van der Waals surface area contributed by atoms with E-state index >= 15 is 0 Å². The molecule has 2 aromatic rings. The van der Waals surface area contributed by atoms with E-state index < -0.39 is 6.10 Å². The van der Waals surface area contributed by atoms with Crippen LogP contribution in [-0.4, -0.2) is 43.9 Å². The van der Waals surface area contributed by atoms with Crippen LogP contribution in [0.3, 0.4) is 0 Å². The van der Waals surface area contributed by atoms with E-state index in [1.807, 2.05) is 31.2 Å². The van der Waals surface area contributed by atoms with E-state index in [9.17, 15) is 14.4 Å². The van der Waals surface area contributed by atoms with Gasteiger partial charge >= 0.3 is 0 Å². The van der Waals surface area contributed by atoms with E-state index in [2.05, 4.69) is 5.32 Å². The Labute approximate surface area is 182 Å². The molecule has 3 rings (SSSR count). The number of nitrogens with zero attached hydrogens (tertiary/aromatic N) is 1. The average molecular weight is 424 g/mol. The van der Waals surface area contributed by atoms with Crippen LogP contribution in [0.2, 0.25) is 0 Å². The summed E-state index contributed by atoms with van der Waals surface area (Å²) < 4.78 is 10.8. The lowest BCUT2D eigenvalue weighted by Crippen LogP contribution is -2.49. The maximum absolute atomic E-state index is 12.7. The number of hydrogen-bond donors (Lipinski definition) is 1. The van der Waals surface area contributed by atoms with Crippen molar-refractivity contribution in [3.8, 4) is 11.5 Å². The van der Waals surface area contributed by atoms with E-state index in [1.165, 1.54) is 4.90 Å². The van der Waals surface area contributed by atoms with Gasteiger partial charge in [-0.2, -0.15) is 0 Å². The Bertz CT molecular complexity index is 955. The van der Waals surface area contributed by atoms with Crippen LogP contribution >= 0.6 is 0 Å². The van der Waals surface area contributed by atoms with Gasteiger partial charge in [-0.1, -0.05) is 19.1 Å². The minimum absolute atomic E-state index is 0.000244. The van der Waals surface area contributed by atoms with E-state index in [-0.39, 0.29) is 24.1 Å². The lowest BCUT2D eigenvalue weighted by molar-refractivity contribution is -0.128. The number of benzene rings is 2. The topological polar surface area (TPSA) is 84.9 Å². The molecule has 0 saturated carbocycles. The highest BCUT2D eigenvalue weighted by atomic mass is 16.5. The minimum atomic E-state index is -0.697. The molecule has 7 heteroatoms. The van der Waals surface area contributed by atoms with Crippen molar-refractivity contribution in [2.75, 3.05) is 25.1 Å². The molecule has 0 aliphatic carbocycles. The molecule has 2 aromatic carbocycles. The average Bonchev–Trinajstić information content (AvgIpc) is 2.77. The summed E-state index contributed by atoms with van der Waals surface area (Å²) in [6.45, 7) is 3.90. The van der Waals surface area contributed by atoms with Crippen LogP contribution in [-0.2, 0) is 16.0 Å². The molecule has 1 unspecified atom stereocenters. The Kier molecular flexibility index (Phi) is 7.28. The van der Waals surface area contributed by atoms with Crippen molar-refractivity contribution in [2.24, 2.45) is 0 Å². The van der Waals surface area contributed by atoms with Crippen molar-refractivity contribution in [1.29, 1.82) is 0 Å². The predicted octanol–water partition coefficient (Wildman–Crippen LogP) is 3.15. The fourth-order valence-corrected chi connectivity index (χ4v) is 3.45. The number of ketones is 1. The highest BCUT2D eigenvalue weighted by Gasteiger charge is 2.33. The first-order valence-corrected chi connectivity index (χ1v) is 10.5. The molecule has 31 heavy (non-hydrogen) atoms. The molecule has 7 nitrogen and oxygen atoms in total. The van der Waals surface area contributed by atoms with Crippen LogP contribution in [0.25, 0.3) is 0 Å². The van der Waals surface area contributed by atoms with Gasteiger partial charge in [0, 0.05) is 18.5 Å². The SMILES string of the molecule is CCCC(=O)c1ccc2c(c1)N(CC(=O)NCCc1ccc(OC)cc1)C(=O)C(C)O2. The first-order chi connectivity index (χ1) is 14.9. The van der Waals surface area contributed by atoms with Gasteiger partial charge in [-0.05, 0) is 55.7 Å².